The molecule has 0 unspecified atom stereocenters. The van der Waals surface area contributed by atoms with Crippen LogP contribution in [0.5, 0.6) is 0 Å². The third-order valence-electron chi connectivity index (χ3n) is 3.75. The van der Waals surface area contributed by atoms with E-state index in [0.717, 1.165) is 30.0 Å². The zero-order chi connectivity index (χ0) is 13.4. The van der Waals surface area contributed by atoms with Crippen molar-refractivity contribution in [2.45, 2.75) is 19.8 Å². The Hall–Kier alpha value is -1.68. The quantitative estimate of drug-likeness (QED) is 0.824. The summed E-state index contributed by atoms with van der Waals surface area (Å²) < 4.78 is 0. The molecule has 1 aromatic heterocycles. The van der Waals surface area contributed by atoms with Gasteiger partial charge in [-0.05, 0) is 38.0 Å². The molecule has 100 valence electrons. The summed E-state index contributed by atoms with van der Waals surface area (Å²) in [5.41, 5.74) is 17.3. The number of hydrogen-bond donors (Lipinski definition) is 2. The second-order valence-electron chi connectivity index (χ2n) is 5.09. The van der Waals surface area contributed by atoms with Gasteiger partial charge in [0.05, 0.1) is 5.69 Å². The van der Waals surface area contributed by atoms with Crippen molar-refractivity contribution < 1.29 is 0 Å². The average molecular weight is 273 g/mol. The molecule has 4 heteroatoms. The second-order valence-corrected chi connectivity index (χ2v) is 6.18. The summed E-state index contributed by atoms with van der Waals surface area (Å²) in [6.45, 7) is 4.44. The van der Waals surface area contributed by atoms with Crippen LogP contribution in [0.3, 0.4) is 0 Å². The molecule has 1 aliphatic rings. The molecule has 0 spiro atoms. The number of anilines is 3. The standard InChI is InChI=1S/C15H19N3S/c1-10-15(12-8-11(16)4-5-13(12)17)14(9-19-10)18-6-2-3-7-18/h4-5,8-9H,2-3,6-7,16-17H2,1H3. The molecule has 0 radical (unpaired) electrons. The number of benzene rings is 1. The lowest BCUT2D eigenvalue weighted by Gasteiger charge is -2.19. The average Bonchev–Trinajstić information content (AvgIpc) is 3.01. The topological polar surface area (TPSA) is 55.3 Å². The van der Waals surface area contributed by atoms with Crippen LogP contribution in [-0.2, 0) is 0 Å². The smallest absolute Gasteiger partial charge is 0.0558 e. The number of nitrogen functional groups attached to an aromatic ring is 2. The van der Waals surface area contributed by atoms with E-state index < -0.39 is 0 Å². The highest BCUT2D eigenvalue weighted by atomic mass is 32.1. The molecule has 0 aliphatic carbocycles. The number of nitrogens with two attached hydrogens (primary N) is 2. The zero-order valence-corrected chi connectivity index (χ0v) is 12.0. The summed E-state index contributed by atoms with van der Waals surface area (Å²) in [6, 6.07) is 5.75. The third kappa shape index (κ3) is 2.16. The van der Waals surface area contributed by atoms with E-state index >= 15 is 0 Å². The Morgan fingerprint density at radius 1 is 1.16 bits per heavy atom. The summed E-state index contributed by atoms with van der Waals surface area (Å²) in [7, 11) is 0. The molecular weight excluding hydrogens is 254 g/mol. The zero-order valence-electron chi connectivity index (χ0n) is 11.1. The molecule has 1 fully saturated rings. The number of rotatable bonds is 2. The molecule has 1 saturated heterocycles. The molecule has 19 heavy (non-hydrogen) atoms. The van der Waals surface area contributed by atoms with E-state index in [-0.39, 0.29) is 0 Å². The normalized spacial score (nSPS) is 15.1. The highest BCUT2D eigenvalue weighted by Gasteiger charge is 2.20. The van der Waals surface area contributed by atoms with Crippen LogP contribution in [0.15, 0.2) is 23.6 Å². The number of nitrogens with zero attached hydrogens (tertiary/aromatic N) is 1. The summed E-state index contributed by atoms with van der Waals surface area (Å²) in [6.07, 6.45) is 2.56. The summed E-state index contributed by atoms with van der Waals surface area (Å²) in [4.78, 5) is 3.76. The van der Waals surface area contributed by atoms with Gasteiger partial charge in [0, 0.05) is 45.8 Å². The van der Waals surface area contributed by atoms with Crippen LogP contribution in [0.4, 0.5) is 17.1 Å². The Morgan fingerprint density at radius 2 is 1.89 bits per heavy atom. The molecule has 3 nitrogen and oxygen atoms in total. The van der Waals surface area contributed by atoms with Gasteiger partial charge in [-0.15, -0.1) is 11.3 Å². The molecule has 0 bridgehead atoms. The van der Waals surface area contributed by atoms with E-state index in [4.69, 9.17) is 11.5 Å². The molecule has 0 amide bonds. The van der Waals surface area contributed by atoms with Gasteiger partial charge in [-0.3, -0.25) is 0 Å². The van der Waals surface area contributed by atoms with E-state index in [0.29, 0.717) is 0 Å². The van der Waals surface area contributed by atoms with Gasteiger partial charge in [0.15, 0.2) is 0 Å². The van der Waals surface area contributed by atoms with Gasteiger partial charge in [0.1, 0.15) is 0 Å². The fraction of sp³-hybridized carbons (Fsp3) is 0.333. The van der Waals surface area contributed by atoms with E-state index in [1.807, 2.05) is 18.2 Å². The first kappa shape index (κ1) is 12.4. The minimum absolute atomic E-state index is 0.766. The monoisotopic (exact) mass is 273 g/mol. The molecule has 0 saturated carbocycles. The summed E-state index contributed by atoms with van der Waals surface area (Å²) in [5.74, 6) is 0. The molecule has 0 atom stereocenters. The lowest BCUT2D eigenvalue weighted by atomic mass is 10.0. The van der Waals surface area contributed by atoms with Crippen molar-refractivity contribution in [3.05, 3.63) is 28.5 Å². The van der Waals surface area contributed by atoms with Gasteiger partial charge < -0.3 is 16.4 Å². The second kappa shape index (κ2) is 4.78. The van der Waals surface area contributed by atoms with Crippen LogP contribution in [0.25, 0.3) is 11.1 Å². The maximum atomic E-state index is 6.15. The SMILES string of the molecule is Cc1scc(N2CCCC2)c1-c1cc(N)ccc1N. The van der Waals surface area contributed by atoms with Crippen LogP contribution in [0, 0.1) is 6.92 Å². The maximum Gasteiger partial charge on any atom is 0.0558 e. The predicted octanol–water partition coefficient (Wildman–Crippen LogP) is 3.49. The largest absolute Gasteiger partial charge is 0.399 e. The Labute approximate surface area is 117 Å². The van der Waals surface area contributed by atoms with E-state index in [2.05, 4.69) is 17.2 Å². The van der Waals surface area contributed by atoms with Crippen molar-refractivity contribution in [1.29, 1.82) is 0 Å². The maximum absolute atomic E-state index is 6.15. The van der Waals surface area contributed by atoms with Gasteiger partial charge in [0.2, 0.25) is 0 Å². The van der Waals surface area contributed by atoms with E-state index in [1.54, 1.807) is 11.3 Å². The number of hydrogen-bond acceptors (Lipinski definition) is 4. The molecular formula is C15H19N3S. The lowest BCUT2D eigenvalue weighted by molar-refractivity contribution is 0.949. The third-order valence-corrected chi connectivity index (χ3v) is 4.65. The highest BCUT2D eigenvalue weighted by Crippen LogP contribution is 2.42. The molecule has 2 aromatic rings. The Bertz CT molecular complexity index is 597. The van der Waals surface area contributed by atoms with Gasteiger partial charge in [-0.2, -0.15) is 0 Å². The predicted molar refractivity (Wildman–Crippen MR) is 84.8 cm³/mol. The Balaban J connectivity index is 2.13. The van der Waals surface area contributed by atoms with Gasteiger partial charge in [-0.25, -0.2) is 0 Å². The van der Waals surface area contributed by atoms with Crippen LogP contribution in [0.2, 0.25) is 0 Å². The van der Waals surface area contributed by atoms with Crippen LogP contribution in [0.1, 0.15) is 17.7 Å². The van der Waals surface area contributed by atoms with E-state index in [9.17, 15) is 0 Å². The van der Waals surface area contributed by atoms with Crippen molar-refractivity contribution in [2.75, 3.05) is 29.5 Å². The van der Waals surface area contributed by atoms with Crippen molar-refractivity contribution >= 4 is 28.4 Å². The van der Waals surface area contributed by atoms with Gasteiger partial charge >= 0.3 is 0 Å². The first-order valence-corrected chi connectivity index (χ1v) is 7.53. The first-order chi connectivity index (χ1) is 9.16. The van der Waals surface area contributed by atoms with Crippen LogP contribution >= 0.6 is 11.3 Å². The van der Waals surface area contributed by atoms with Crippen molar-refractivity contribution in [3.63, 3.8) is 0 Å². The first-order valence-electron chi connectivity index (χ1n) is 6.65. The molecule has 1 aromatic carbocycles. The fourth-order valence-corrected chi connectivity index (χ4v) is 3.64. The van der Waals surface area contributed by atoms with E-state index in [1.165, 1.54) is 29.0 Å². The Kier molecular flexibility index (Phi) is 3.11. The van der Waals surface area contributed by atoms with Crippen molar-refractivity contribution in [1.82, 2.24) is 0 Å². The molecule has 3 rings (SSSR count). The van der Waals surface area contributed by atoms with Crippen LogP contribution < -0.4 is 16.4 Å². The van der Waals surface area contributed by atoms with Gasteiger partial charge in [-0.1, -0.05) is 0 Å². The molecule has 2 heterocycles. The summed E-state index contributed by atoms with van der Waals surface area (Å²) in [5, 5.41) is 2.25. The molecule has 4 N–H and O–H groups in total. The minimum Gasteiger partial charge on any atom is -0.399 e. The summed E-state index contributed by atoms with van der Waals surface area (Å²) >= 11 is 1.79. The molecule has 1 aliphatic heterocycles. The van der Waals surface area contributed by atoms with Crippen molar-refractivity contribution in [2.24, 2.45) is 0 Å². The minimum atomic E-state index is 0.766. The number of aryl methyl sites for hydroxylation is 1. The number of thiophene rings is 1. The fourth-order valence-electron chi connectivity index (χ4n) is 2.75. The Morgan fingerprint density at radius 3 is 2.63 bits per heavy atom. The highest BCUT2D eigenvalue weighted by molar-refractivity contribution is 7.11. The van der Waals surface area contributed by atoms with Gasteiger partial charge in [0.25, 0.3) is 0 Å². The van der Waals surface area contributed by atoms with Crippen molar-refractivity contribution in [3.8, 4) is 11.1 Å². The lowest BCUT2D eigenvalue weighted by Crippen LogP contribution is -2.17. The van der Waals surface area contributed by atoms with Crippen LogP contribution in [-0.4, -0.2) is 13.1 Å².